The van der Waals surface area contributed by atoms with E-state index in [-0.39, 0.29) is 5.91 Å². The molecule has 1 aromatic rings. The van der Waals surface area contributed by atoms with Crippen LogP contribution in [-0.2, 0) is 9.47 Å². The van der Waals surface area contributed by atoms with Gasteiger partial charge in [0.25, 0.3) is 5.91 Å². The first-order valence-electron chi connectivity index (χ1n) is 6.42. The van der Waals surface area contributed by atoms with Crippen molar-refractivity contribution in [3.8, 4) is 5.75 Å². The minimum atomic E-state index is -0.726. The first-order chi connectivity index (χ1) is 9.14. The molecular weight excluding hydrogens is 246 g/mol. The summed E-state index contributed by atoms with van der Waals surface area (Å²) in [4.78, 5) is 12.1. The van der Waals surface area contributed by atoms with E-state index in [9.17, 15) is 4.79 Å². The lowest BCUT2D eigenvalue weighted by molar-refractivity contribution is -0.136. The van der Waals surface area contributed by atoms with Crippen LogP contribution in [0.25, 0.3) is 0 Å². The van der Waals surface area contributed by atoms with Gasteiger partial charge in [-0.3, -0.25) is 4.79 Å². The average Bonchev–Trinajstić information content (AvgIpc) is 2.85. The maximum absolute atomic E-state index is 12.1. The number of para-hydroxylation sites is 1. The second-order valence-electron chi connectivity index (χ2n) is 4.44. The molecule has 5 heteroatoms. The Morgan fingerprint density at radius 2 is 2.05 bits per heavy atom. The van der Waals surface area contributed by atoms with E-state index >= 15 is 0 Å². The zero-order valence-corrected chi connectivity index (χ0v) is 11.3. The molecule has 5 nitrogen and oxygen atoms in total. The number of hydrogen-bond acceptors (Lipinski definition) is 4. The standard InChI is InChI=1S/C14H19NO4/c1-3-17-12-7-5-4-6-11(12)13(16)15-10-14(2)18-8-9-19-14/h4-7H,3,8-10H2,1-2H3,(H,15,16). The summed E-state index contributed by atoms with van der Waals surface area (Å²) < 4.78 is 16.3. The normalized spacial score (nSPS) is 17.2. The number of carbonyl (C=O) groups excluding carboxylic acids is 1. The third kappa shape index (κ3) is 3.45. The van der Waals surface area contributed by atoms with Crippen LogP contribution in [-0.4, -0.2) is 38.1 Å². The van der Waals surface area contributed by atoms with Crippen molar-refractivity contribution in [3.05, 3.63) is 29.8 Å². The van der Waals surface area contributed by atoms with Crippen LogP contribution in [0.5, 0.6) is 5.75 Å². The summed E-state index contributed by atoms with van der Waals surface area (Å²) in [5.41, 5.74) is 0.519. The van der Waals surface area contributed by atoms with Crippen LogP contribution in [0.3, 0.4) is 0 Å². The van der Waals surface area contributed by atoms with Gasteiger partial charge in [-0.1, -0.05) is 12.1 Å². The summed E-state index contributed by atoms with van der Waals surface area (Å²) in [6, 6.07) is 7.16. The van der Waals surface area contributed by atoms with Crippen LogP contribution in [0.4, 0.5) is 0 Å². The molecule has 1 heterocycles. The monoisotopic (exact) mass is 265 g/mol. The summed E-state index contributed by atoms with van der Waals surface area (Å²) >= 11 is 0. The van der Waals surface area contributed by atoms with E-state index in [2.05, 4.69) is 5.32 Å². The number of amides is 1. The molecule has 1 aromatic carbocycles. The highest BCUT2D eigenvalue weighted by Gasteiger charge is 2.31. The van der Waals surface area contributed by atoms with E-state index in [1.807, 2.05) is 26.0 Å². The van der Waals surface area contributed by atoms with Gasteiger partial charge in [-0.25, -0.2) is 0 Å². The molecule has 19 heavy (non-hydrogen) atoms. The van der Waals surface area contributed by atoms with E-state index in [4.69, 9.17) is 14.2 Å². The van der Waals surface area contributed by atoms with Crippen molar-refractivity contribution in [2.45, 2.75) is 19.6 Å². The Morgan fingerprint density at radius 3 is 2.74 bits per heavy atom. The predicted octanol–water partition coefficient (Wildman–Crippen LogP) is 1.58. The van der Waals surface area contributed by atoms with Gasteiger partial charge in [0.05, 0.1) is 31.9 Å². The average molecular weight is 265 g/mol. The van der Waals surface area contributed by atoms with Crippen LogP contribution in [0.1, 0.15) is 24.2 Å². The Labute approximate surface area is 112 Å². The van der Waals surface area contributed by atoms with Crippen molar-refractivity contribution < 1.29 is 19.0 Å². The van der Waals surface area contributed by atoms with Crippen LogP contribution in [0.2, 0.25) is 0 Å². The summed E-state index contributed by atoms with van der Waals surface area (Å²) in [7, 11) is 0. The fraction of sp³-hybridized carbons (Fsp3) is 0.500. The highest BCUT2D eigenvalue weighted by molar-refractivity contribution is 5.96. The SMILES string of the molecule is CCOc1ccccc1C(=O)NCC1(C)OCCO1. The van der Waals surface area contributed by atoms with Gasteiger partial charge in [-0.15, -0.1) is 0 Å². The van der Waals surface area contributed by atoms with Crippen molar-refractivity contribution >= 4 is 5.91 Å². The Balaban J connectivity index is 1.99. The molecule has 0 saturated carbocycles. The van der Waals surface area contributed by atoms with Crippen LogP contribution < -0.4 is 10.1 Å². The van der Waals surface area contributed by atoms with E-state index < -0.39 is 5.79 Å². The number of carbonyl (C=O) groups is 1. The topological polar surface area (TPSA) is 56.8 Å². The first-order valence-corrected chi connectivity index (χ1v) is 6.42. The fourth-order valence-corrected chi connectivity index (χ4v) is 1.93. The number of ether oxygens (including phenoxy) is 3. The van der Waals surface area contributed by atoms with Crippen molar-refractivity contribution in [1.82, 2.24) is 5.32 Å². The molecule has 0 radical (unpaired) electrons. The highest BCUT2D eigenvalue weighted by Crippen LogP contribution is 2.20. The van der Waals surface area contributed by atoms with Crippen LogP contribution in [0.15, 0.2) is 24.3 Å². The molecule has 104 valence electrons. The fourth-order valence-electron chi connectivity index (χ4n) is 1.93. The van der Waals surface area contributed by atoms with E-state index in [0.717, 1.165) is 0 Å². The highest BCUT2D eigenvalue weighted by atomic mass is 16.7. The van der Waals surface area contributed by atoms with Gasteiger partial charge in [0.15, 0.2) is 5.79 Å². The number of rotatable bonds is 5. The smallest absolute Gasteiger partial charge is 0.255 e. The molecule has 0 aliphatic carbocycles. The molecule has 1 fully saturated rings. The lowest BCUT2D eigenvalue weighted by atomic mass is 10.2. The molecule has 0 unspecified atom stereocenters. The van der Waals surface area contributed by atoms with E-state index in [1.54, 1.807) is 12.1 Å². The lowest BCUT2D eigenvalue weighted by Crippen LogP contribution is -2.41. The minimum Gasteiger partial charge on any atom is -0.493 e. The van der Waals surface area contributed by atoms with Gasteiger partial charge in [0, 0.05) is 0 Å². The third-order valence-corrected chi connectivity index (χ3v) is 2.90. The van der Waals surface area contributed by atoms with Crippen molar-refractivity contribution in [3.63, 3.8) is 0 Å². The minimum absolute atomic E-state index is 0.190. The van der Waals surface area contributed by atoms with Gasteiger partial charge in [0.1, 0.15) is 5.75 Å². The largest absolute Gasteiger partial charge is 0.493 e. The van der Waals surface area contributed by atoms with E-state index in [0.29, 0.717) is 37.7 Å². The Bertz CT molecular complexity index is 441. The molecule has 1 N–H and O–H groups in total. The molecule has 1 aliphatic rings. The number of hydrogen-bond donors (Lipinski definition) is 1. The lowest BCUT2D eigenvalue weighted by Gasteiger charge is -2.22. The van der Waals surface area contributed by atoms with Gasteiger partial charge >= 0.3 is 0 Å². The Kier molecular flexibility index (Phi) is 4.39. The zero-order valence-electron chi connectivity index (χ0n) is 11.3. The summed E-state index contributed by atoms with van der Waals surface area (Å²) in [6.45, 7) is 5.65. The summed E-state index contributed by atoms with van der Waals surface area (Å²) in [5.74, 6) is -0.332. The maximum atomic E-state index is 12.1. The van der Waals surface area contributed by atoms with E-state index in [1.165, 1.54) is 0 Å². The van der Waals surface area contributed by atoms with Crippen molar-refractivity contribution in [2.24, 2.45) is 0 Å². The van der Waals surface area contributed by atoms with Crippen molar-refractivity contribution in [2.75, 3.05) is 26.4 Å². The number of benzene rings is 1. The third-order valence-electron chi connectivity index (χ3n) is 2.90. The molecule has 1 aliphatic heterocycles. The van der Waals surface area contributed by atoms with Gasteiger partial charge < -0.3 is 19.5 Å². The Morgan fingerprint density at radius 1 is 1.37 bits per heavy atom. The van der Waals surface area contributed by atoms with Gasteiger partial charge in [0.2, 0.25) is 0 Å². The van der Waals surface area contributed by atoms with Crippen LogP contribution >= 0.6 is 0 Å². The van der Waals surface area contributed by atoms with Gasteiger partial charge in [-0.2, -0.15) is 0 Å². The molecule has 2 rings (SSSR count). The predicted molar refractivity (Wildman–Crippen MR) is 70.3 cm³/mol. The zero-order chi connectivity index (χ0) is 13.7. The van der Waals surface area contributed by atoms with Gasteiger partial charge in [-0.05, 0) is 26.0 Å². The molecule has 0 bridgehead atoms. The van der Waals surface area contributed by atoms with Crippen molar-refractivity contribution in [1.29, 1.82) is 0 Å². The molecule has 1 saturated heterocycles. The second-order valence-corrected chi connectivity index (χ2v) is 4.44. The second kappa shape index (κ2) is 6.04. The molecular formula is C14H19NO4. The summed E-state index contributed by atoms with van der Waals surface area (Å²) in [5, 5.41) is 2.81. The maximum Gasteiger partial charge on any atom is 0.255 e. The molecule has 0 atom stereocenters. The summed E-state index contributed by atoms with van der Waals surface area (Å²) in [6.07, 6.45) is 0. The quantitative estimate of drug-likeness (QED) is 0.878. The number of nitrogens with one attached hydrogen (secondary N) is 1. The first kappa shape index (κ1) is 13.8. The molecule has 1 amide bonds. The van der Waals surface area contributed by atoms with Crippen LogP contribution in [0, 0.1) is 0 Å². The molecule has 0 spiro atoms. The Hall–Kier alpha value is -1.59. The molecule has 0 aromatic heterocycles.